The quantitative estimate of drug-likeness (QED) is 0.780. The first-order chi connectivity index (χ1) is 7.65. The number of hydrogen-bond acceptors (Lipinski definition) is 2. The summed E-state index contributed by atoms with van der Waals surface area (Å²) in [5, 5.41) is 4.23. The molecule has 0 bridgehead atoms. The van der Waals surface area contributed by atoms with Gasteiger partial charge in [0.05, 0.1) is 0 Å². The molecule has 0 amide bonds. The van der Waals surface area contributed by atoms with Crippen molar-refractivity contribution < 1.29 is 0 Å². The Bertz CT molecular complexity index is 356. The fourth-order valence-corrected chi connectivity index (χ4v) is 2.69. The number of thioether (sulfide) groups is 1. The van der Waals surface area contributed by atoms with Gasteiger partial charge in [-0.1, -0.05) is 19.9 Å². The molecule has 0 heterocycles. The molecule has 1 nitrogen and oxygen atoms in total. The summed E-state index contributed by atoms with van der Waals surface area (Å²) in [5.41, 5.74) is 2.86. The third kappa shape index (κ3) is 3.53. The number of rotatable bonds is 5. The molecule has 0 aliphatic heterocycles. The lowest BCUT2D eigenvalue weighted by Gasteiger charge is -2.10. The topological polar surface area (TPSA) is 12.0 Å². The molecule has 1 aliphatic rings. The van der Waals surface area contributed by atoms with Gasteiger partial charge in [-0.15, -0.1) is 11.8 Å². The third-order valence-corrected chi connectivity index (χ3v) is 3.84. The Morgan fingerprint density at radius 2 is 2.12 bits per heavy atom. The summed E-state index contributed by atoms with van der Waals surface area (Å²) in [4.78, 5) is 1.39. The lowest BCUT2D eigenvalue weighted by molar-refractivity contribution is 0.685. The van der Waals surface area contributed by atoms with Crippen molar-refractivity contribution in [3.63, 3.8) is 0 Å². The SMILES string of the molecule is Cc1cc(SC(C)C)ccc1CNC1CC1. The van der Waals surface area contributed by atoms with Gasteiger partial charge in [0.2, 0.25) is 0 Å². The Balaban J connectivity index is 1.97. The molecular formula is C14H21NS. The summed E-state index contributed by atoms with van der Waals surface area (Å²) >= 11 is 1.94. The highest BCUT2D eigenvalue weighted by Gasteiger charge is 2.20. The van der Waals surface area contributed by atoms with Crippen LogP contribution in [0.25, 0.3) is 0 Å². The summed E-state index contributed by atoms with van der Waals surface area (Å²) in [6.45, 7) is 7.72. The van der Waals surface area contributed by atoms with E-state index in [9.17, 15) is 0 Å². The van der Waals surface area contributed by atoms with E-state index in [-0.39, 0.29) is 0 Å². The number of aryl methyl sites for hydroxylation is 1. The second-order valence-electron chi connectivity index (χ2n) is 4.91. The molecule has 1 N–H and O–H groups in total. The van der Waals surface area contributed by atoms with Crippen molar-refractivity contribution in [1.82, 2.24) is 5.32 Å². The largest absolute Gasteiger partial charge is 0.310 e. The van der Waals surface area contributed by atoms with E-state index in [0.29, 0.717) is 5.25 Å². The molecule has 0 aromatic heterocycles. The molecule has 0 radical (unpaired) electrons. The van der Waals surface area contributed by atoms with Crippen LogP contribution in [0.4, 0.5) is 0 Å². The molecule has 1 aromatic rings. The van der Waals surface area contributed by atoms with E-state index >= 15 is 0 Å². The molecule has 1 aliphatic carbocycles. The number of nitrogens with one attached hydrogen (secondary N) is 1. The van der Waals surface area contributed by atoms with Crippen molar-refractivity contribution in [2.75, 3.05) is 0 Å². The minimum atomic E-state index is 0.662. The lowest BCUT2D eigenvalue weighted by atomic mass is 10.1. The molecular weight excluding hydrogens is 214 g/mol. The first-order valence-electron chi connectivity index (χ1n) is 6.14. The molecule has 2 rings (SSSR count). The first-order valence-corrected chi connectivity index (χ1v) is 7.02. The van der Waals surface area contributed by atoms with Gasteiger partial charge < -0.3 is 5.32 Å². The molecule has 16 heavy (non-hydrogen) atoms. The summed E-state index contributed by atoms with van der Waals surface area (Å²) in [5.74, 6) is 0. The van der Waals surface area contributed by atoms with Crippen LogP contribution in [-0.2, 0) is 6.54 Å². The Hall–Kier alpha value is -0.470. The van der Waals surface area contributed by atoms with Gasteiger partial charge in [0.1, 0.15) is 0 Å². The Kier molecular flexibility index (Phi) is 3.93. The summed E-state index contributed by atoms with van der Waals surface area (Å²) in [6.07, 6.45) is 2.72. The Labute approximate surface area is 103 Å². The zero-order valence-electron chi connectivity index (χ0n) is 10.4. The second kappa shape index (κ2) is 5.24. The number of benzene rings is 1. The van der Waals surface area contributed by atoms with Crippen molar-refractivity contribution >= 4 is 11.8 Å². The van der Waals surface area contributed by atoms with Crippen LogP contribution in [0.5, 0.6) is 0 Å². The van der Waals surface area contributed by atoms with Gasteiger partial charge in [0.25, 0.3) is 0 Å². The monoisotopic (exact) mass is 235 g/mol. The van der Waals surface area contributed by atoms with Gasteiger partial charge in [0.15, 0.2) is 0 Å². The van der Waals surface area contributed by atoms with Crippen molar-refractivity contribution in [1.29, 1.82) is 0 Å². The average molecular weight is 235 g/mol. The fraction of sp³-hybridized carbons (Fsp3) is 0.571. The summed E-state index contributed by atoms with van der Waals surface area (Å²) in [7, 11) is 0. The van der Waals surface area contributed by atoms with Crippen molar-refractivity contribution in [2.24, 2.45) is 0 Å². The molecule has 0 spiro atoms. The van der Waals surface area contributed by atoms with Gasteiger partial charge in [-0.25, -0.2) is 0 Å². The summed E-state index contributed by atoms with van der Waals surface area (Å²) < 4.78 is 0. The highest BCUT2D eigenvalue weighted by Crippen LogP contribution is 2.25. The molecule has 1 fully saturated rings. The number of hydrogen-bond donors (Lipinski definition) is 1. The van der Waals surface area contributed by atoms with Crippen LogP contribution in [0.3, 0.4) is 0 Å². The van der Waals surface area contributed by atoms with Crippen LogP contribution in [0.15, 0.2) is 23.1 Å². The van der Waals surface area contributed by atoms with Crippen LogP contribution in [0.1, 0.15) is 37.8 Å². The maximum Gasteiger partial charge on any atom is 0.0210 e. The van der Waals surface area contributed by atoms with Crippen LogP contribution < -0.4 is 5.32 Å². The minimum absolute atomic E-state index is 0.662. The standard InChI is InChI=1S/C14H21NS/c1-10(2)16-14-7-4-12(11(3)8-14)9-15-13-5-6-13/h4,7-8,10,13,15H,5-6,9H2,1-3H3. The van der Waals surface area contributed by atoms with Crippen molar-refractivity contribution in [2.45, 2.75) is 56.3 Å². The minimum Gasteiger partial charge on any atom is -0.310 e. The van der Waals surface area contributed by atoms with Crippen molar-refractivity contribution in [3.8, 4) is 0 Å². The molecule has 0 unspecified atom stereocenters. The van der Waals surface area contributed by atoms with E-state index < -0.39 is 0 Å². The van der Waals surface area contributed by atoms with Gasteiger partial charge >= 0.3 is 0 Å². The van der Waals surface area contributed by atoms with E-state index in [1.54, 1.807) is 0 Å². The Morgan fingerprint density at radius 1 is 1.38 bits per heavy atom. The van der Waals surface area contributed by atoms with E-state index in [4.69, 9.17) is 0 Å². The van der Waals surface area contributed by atoms with E-state index in [0.717, 1.165) is 12.6 Å². The third-order valence-electron chi connectivity index (χ3n) is 2.84. The van der Waals surface area contributed by atoms with Crippen LogP contribution in [0, 0.1) is 6.92 Å². The zero-order valence-corrected chi connectivity index (χ0v) is 11.2. The maximum atomic E-state index is 3.57. The smallest absolute Gasteiger partial charge is 0.0210 e. The highest BCUT2D eigenvalue weighted by molar-refractivity contribution is 7.99. The second-order valence-corrected chi connectivity index (χ2v) is 6.56. The molecule has 88 valence electrons. The molecule has 1 saturated carbocycles. The summed E-state index contributed by atoms with van der Waals surface area (Å²) in [6, 6.07) is 7.63. The molecule has 0 atom stereocenters. The average Bonchev–Trinajstić information content (AvgIpc) is 2.99. The van der Waals surface area contributed by atoms with Gasteiger partial charge in [-0.2, -0.15) is 0 Å². The predicted octanol–water partition coefficient (Wildman–Crippen LogP) is 3.75. The zero-order chi connectivity index (χ0) is 11.5. The van der Waals surface area contributed by atoms with Crippen molar-refractivity contribution in [3.05, 3.63) is 29.3 Å². The molecule has 2 heteroatoms. The normalized spacial score (nSPS) is 15.8. The van der Waals surface area contributed by atoms with E-state index in [1.807, 2.05) is 11.8 Å². The predicted molar refractivity (Wildman–Crippen MR) is 72.0 cm³/mol. The fourth-order valence-electron chi connectivity index (χ4n) is 1.75. The highest BCUT2D eigenvalue weighted by atomic mass is 32.2. The first kappa shape index (κ1) is 12.0. The molecule has 1 aromatic carbocycles. The van der Waals surface area contributed by atoms with Crippen LogP contribution in [0.2, 0.25) is 0 Å². The van der Waals surface area contributed by atoms with Gasteiger partial charge in [0, 0.05) is 22.7 Å². The van der Waals surface area contributed by atoms with E-state index in [2.05, 4.69) is 44.3 Å². The maximum absolute atomic E-state index is 3.57. The Morgan fingerprint density at radius 3 is 2.69 bits per heavy atom. The molecule has 0 saturated heterocycles. The van der Waals surface area contributed by atoms with Gasteiger partial charge in [-0.05, 0) is 43.0 Å². The van der Waals surface area contributed by atoms with Gasteiger partial charge in [-0.3, -0.25) is 0 Å². The van der Waals surface area contributed by atoms with E-state index in [1.165, 1.54) is 28.9 Å². The lowest BCUT2D eigenvalue weighted by Crippen LogP contribution is -2.15. The van der Waals surface area contributed by atoms with Crippen LogP contribution >= 0.6 is 11.8 Å². The van der Waals surface area contributed by atoms with Crippen LogP contribution in [-0.4, -0.2) is 11.3 Å².